The van der Waals surface area contributed by atoms with Crippen LogP contribution >= 0.6 is 0 Å². The Kier molecular flexibility index (Phi) is 2.30. The largest absolute Gasteiger partial charge is 0.307 e. The van der Waals surface area contributed by atoms with Gasteiger partial charge in [0, 0.05) is 5.56 Å². The summed E-state index contributed by atoms with van der Waals surface area (Å²) in [5, 5.41) is 8.32. The van der Waals surface area contributed by atoms with Crippen LogP contribution in [0, 0.1) is 0 Å². The van der Waals surface area contributed by atoms with Crippen LogP contribution in [0.5, 0.6) is 0 Å². The lowest BCUT2D eigenvalue weighted by atomic mass is 9.82. The number of hydrogen-bond acceptors (Lipinski definition) is 4. The summed E-state index contributed by atoms with van der Waals surface area (Å²) in [6.45, 7) is 2.23. The predicted molar refractivity (Wildman–Crippen MR) is 67.4 cm³/mol. The molecular weight excluding hydrogens is 212 g/mol. The molecule has 86 valence electrons. The fourth-order valence-electron chi connectivity index (χ4n) is 2.47. The number of rotatable bonds is 1. The number of nitrogens with two attached hydrogens (primary N) is 1. The highest BCUT2D eigenvalue weighted by molar-refractivity contribution is 5.71. The van der Waals surface area contributed by atoms with Crippen molar-refractivity contribution < 1.29 is 0 Å². The van der Waals surface area contributed by atoms with Crippen molar-refractivity contribution >= 4 is 5.82 Å². The maximum absolute atomic E-state index is 5.36. The van der Waals surface area contributed by atoms with Gasteiger partial charge in [-0.1, -0.05) is 31.2 Å². The molecular formula is C13H14N4. The summed E-state index contributed by atoms with van der Waals surface area (Å²) in [6, 6.07) is 10.4. The molecule has 0 amide bonds. The Morgan fingerprint density at radius 3 is 2.94 bits per heavy atom. The van der Waals surface area contributed by atoms with Crippen molar-refractivity contribution in [2.75, 3.05) is 5.43 Å². The first-order chi connectivity index (χ1) is 8.29. The Morgan fingerprint density at radius 1 is 1.29 bits per heavy atom. The molecule has 1 unspecified atom stereocenters. The molecule has 1 aromatic heterocycles. The van der Waals surface area contributed by atoms with Crippen LogP contribution in [0.2, 0.25) is 0 Å². The number of nitrogens with one attached hydrogen (secondary N) is 1. The average Bonchev–Trinajstić information content (AvgIpc) is 2.38. The summed E-state index contributed by atoms with van der Waals surface area (Å²) in [5.41, 5.74) is 7.28. The van der Waals surface area contributed by atoms with Crippen molar-refractivity contribution in [3.63, 3.8) is 0 Å². The fraction of sp³-hybridized carbons (Fsp3) is 0.231. The quantitative estimate of drug-likeness (QED) is 0.577. The molecule has 1 atom stereocenters. The summed E-state index contributed by atoms with van der Waals surface area (Å²) in [6.07, 6.45) is 0.983. The third kappa shape index (κ3) is 1.57. The Hall–Kier alpha value is -1.94. The van der Waals surface area contributed by atoms with Gasteiger partial charge in [0.25, 0.3) is 0 Å². The molecule has 1 aromatic carbocycles. The van der Waals surface area contributed by atoms with Crippen molar-refractivity contribution in [1.82, 2.24) is 10.2 Å². The summed E-state index contributed by atoms with van der Waals surface area (Å²) in [4.78, 5) is 0. The molecule has 3 rings (SSSR count). The van der Waals surface area contributed by atoms with Gasteiger partial charge in [0.2, 0.25) is 0 Å². The number of fused-ring (bicyclic) bond motifs is 3. The van der Waals surface area contributed by atoms with E-state index in [9.17, 15) is 0 Å². The first-order valence-corrected chi connectivity index (χ1v) is 5.72. The molecule has 0 saturated carbocycles. The molecule has 0 aliphatic heterocycles. The van der Waals surface area contributed by atoms with Crippen LogP contribution in [0.3, 0.4) is 0 Å². The highest BCUT2D eigenvalue weighted by atomic mass is 15.3. The van der Waals surface area contributed by atoms with Crippen LogP contribution in [0.1, 0.15) is 24.0 Å². The standard InChI is InChI=1S/C13H14N4/c1-8-6-9-7-12(15-14)16-17-13(9)11-5-3-2-4-10(8)11/h2-5,7-8H,6,14H2,1H3,(H,15,16). The summed E-state index contributed by atoms with van der Waals surface area (Å²) in [7, 11) is 0. The topological polar surface area (TPSA) is 63.8 Å². The molecule has 1 aliphatic rings. The Morgan fingerprint density at radius 2 is 2.12 bits per heavy atom. The van der Waals surface area contributed by atoms with E-state index in [4.69, 9.17) is 5.84 Å². The zero-order chi connectivity index (χ0) is 11.8. The van der Waals surface area contributed by atoms with E-state index in [2.05, 4.69) is 40.7 Å². The molecule has 0 radical (unpaired) electrons. The lowest BCUT2D eigenvalue weighted by Gasteiger charge is -2.23. The third-order valence-electron chi connectivity index (χ3n) is 3.29. The van der Waals surface area contributed by atoms with Crippen molar-refractivity contribution in [3.05, 3.63) is 41.5 Å². The Bertz CT molecular complexity index is 565. The normalized spacial score (nSPS) is 17.2. The van der Waals surface area contributed by atoms with Gasteiger partial charge in [-0.15, -0.1) is 10.2 Å². The van der Waals surface area contributed by atoms with Crippen LogP contribution in [-0.2, 0) is 6.42 Å². The highest BCUT2D eigenvalue weighted by Gasteiger charge is 2.22. The number of anilines is 1. The van der Waals surface area contributed by atoms with Gasteiger partial charge in [-0.05, 0) is 29.5 Å². The second-order valence-corrected chi connectivity index (χ2v) is 4.44. The van der Waals surface area contributed by atoms with E-state index >= 15 is 0 Å². The lowest BCUT2D eigenvalue weighted by molar-refractivity contribution is 0.739. The Labute approximate surface area is 99.8 Å². The molecule has 1 aliphatic carbocycles. The molecule has 2 aromatic rings. The maximum atomic E-state index is 5.36. The van der Waals surface area contributed by atoms with Crippen LogP contribution in [-0.4, -0.2) is 10.2 Å². The minimum absolute atomic E-state index is 0.508. The molecule has 0 spiro atoms. The molecule has 17 heavy (non-hydrogen) atoms. The average molecular weight is 226 g/mol. The van der Waals surface area contributed by atoms with Crippen molar-refractivity contribution in [2.45, 2.75) is 19.3 Å². The first kappa shape index (κ1) is 10.2. The van der Waals surface area contributed by atoms with E-state index in [0.29, 0.717) is 11.7 Å². The van der Waals surface area contributed by atoms with Crippen molar-refractivity contribution in [1.29, 1.82) is 0 Å². The van der Waals surface area contributed by atoms with Crippen LogP contribution < -0.4 is 11.3 Å². The molecule has 4 heteroatoms. The smallest absolute Gasteiger partial charge is 0.162 e. The van der Waals surface area contributed by atoms with E-state index in [0.717, 1.165) is 12.1 Å². The van der Waals surface area contributed by atoms with Crippen LogP contribution in [0.15, 0.2) is 30.3 Å². The summed E-state index contributed by atoms with van der Waals surface area (Å²) >= 11 is 0. The van der Waals surface area contributed by atoms with E-state index < -0.39 is 0 Å². The molecule has 1 heterocycles. The van der Waals surface area contributed by atoms with Gasteiger partial charge in [0.15, 0.2) is 5.82 Å². The molecule has 0 saturated heterocycles. The van der Waals surface area contributed by atoms with Gasteiger partial charge < -0.3 is 5.43 Å². The van der Waals surface area contributed by atoms with E-state index in [1.165, 1.54) is 16.7 Å². The third-order valence-corrected chi connectivity index (χ3v) is 3.29. The predicted octanol–water partition coefficient (Wildman–Crippen LogP) is 2.09. The number of nitrogen functional groups attached to an aromatic ring is 1. The second kappa shape index (κ2) is 3.82. The minimum atomic E-state index is 0.508. The van der Waals surface area contributed by atoms with Gasteiger partial charge in [0.1, 0.15) is 0 Å². The van der Waals surface area contributed by atoms with Crippen LogP contribution in [0.4, 0.5) is 5.82 Å². The second-order valence-electron chi connectivity index (χ2n) is 4.44. The molecule has 3 N–H and O–H groups in total. The van der Waals surface area contributed by atoms with Crippen molar-refractivity contribution in [3.8, 4) is 11.3 Å². The number of nitrogens with zero attached hydrogens (tertiary/aromatic N) is 2. The zero-order valence-electron chi connectivity index (χ0n) is 9.64. The first-order valence-electron chi connectivity index (χ1n) is 5.72. The Balaban J connectivity index is 2.21. The minimum Gasteiger partial charge on any atom is -0.307 e. The van der Waals surface area contributed by atoms with E-state index in [1.807, 2.05) is 12.1 Å². The zero-order valence-corrected chi connectivity index (χ0v) is 9.64. The molecule has 0 bridgehead atoms. The van der Waals surface area contributed by atoms with Crippen molar-refractivity contribution in [2.24, 2.45) is 5.84 Å². The van der Waals surface area contributed by atoms with Gasteiger partial charge in [-0.25, -0.2) is 5.84 Å². The molecule has 4 nitrogen and oxygen atoms in total. The van der Waals surface area contributed by atoms with Gasteiger partial charge in [0.05, 0.1) is 5.69 Å². The van der Waals surface area contributed by atoms with Gasteiger partial charge in [-0.2, -0.15) is 0 Å². The van der Waals surface area contributed by atoms with Crippen LogP contribution in [0.25, 0.3) is 11.3 Å². The SMILES string of the molecule is CC1Cc2cc(NN)nnc2-c2ccccc21. The number of aromatic nitrogens is 2. The molecule has 0 fully saturated rings. The number of benzene rings is 1. The fourth-order valence-corrected chi connectivity index (χ4v) is 2.47. The maximum Gasteiger partial charge on any atom is 0.162 e. The van der Waals surface area contributed by atoms with E-state index in [-0.39, 0.29) is 0 Å². The number of hydrogen-bond donors (Lipinski definition) is 2. The summed E-state index contributed by atoms with van der Waals surface area (Å²) < 4.78 is 0. The van der Waals surface area contributed by atoms with E-state index in [1.54, 1.807) is 0 Å². The van der Waals surface area contributed by atoms with Gasteiger partial charge in [-0.3, -0.25) is 0 Å². The highest BCUT2D eigenvalue weighted by Crippen LogP contribution is 2.38. The summed E-state index contributed by atoms with van der Waals surface area (Å²) in [5.74, 6) is 6.49. The monoisotopic (exact) mass is 226 g/mol. The lowest BCUT2D eigenvalue weighted by Crippen LogP contribution is -2.14. The van der Waals surface area contributed by atoms with Gasteiger partial charge >= 0.3 is 0 Å². The number of hydrazine groups is 1.